The Morgan fingerprint density at radius 3 is 1.82 bits per heavy atom. The summed E-state index contributed by atoms with van der Waals surface area (Å²) in [7, 11) is 8.30. The molecule has 0 aliphatic rings. The van der Waals surface area contributed by atoms with Gasteiger partial charge in [0.2, 0.25) is 0 Å². The van der Waals surface area contributed by atoms with Crippen LogP contribution in [-0.2, 0) is 0 Å². The highest BCUT2D eigenvalue weighted by molar-refractivity contribution is 8.14. The van der Waals surface area contributed by atoms with Crippen molar-refractivity contribution in [2.24, 2.45) is 0 Å². The molecule has 0 atom stereocenters. The molecule has 66 valence electrons. The van der Waals surface area contributed by atoms with Gasteiger partial charge >= 0.3 is 5.17 Å². The van der Waals surface area contributed by atoms with E-state index in [2.05, 4.69) is 51.5 Å². The van der Waals surface area contributed by atoms with E-state index in [1.54, 1.807) is 0 Å². The summed E-state index contributed by atoms with van der Waals surface area (Å²) in [6, 6.07) is 0. The third kappa shape index (κ3) is 4.30. The zero-order valence-electron chi connectivity index (χ0n) is 8.38. The molecule has 3 heteroatoms. The number of nitrogens with zero attached hydrogens (tertiary/aromatic N) is 2. The van der Waals surface area contributed by atoms with Crippen LogP contribution < -0.4 is 0 Å². The Kier molecular flexibility index (Phi) is 4.57. The molecule has 0 aliphatic heterocycles. The van der Waals surface area contributed by atoms with Gasteiger partial charge in [0.1, 0.15) is 0 Å². The minimum absolute atomic E-state index is 0.648. The van der Waals surface area contributed by atoms with Crippen molar-refractivity contribution in [1.29, 1.82) is 0 Å². The molecule has 0 fully saturated rings. The van der Waals surface area contributed by atoms with Crippen LogP contribution in [0.15, 0.2) is 0 Å². The van der Waals surface area contributed by atoms with Gasteiger partial charge in [0.15, 0.2) is 0 Å². The van der Waals surface area contributed by atoms with E-state index >= 15 is 0 Å². The standard InChI is InChI=1S/C8H19N2S/c1-7(2)11-8(9(3)4)10(5)6/h7H,1-6H3/q+1. The summed E-state index contributed by atoms with van der Waals surface area (Å²) in [6.45, 7) is 4.41. The lowest BCUT2D eigenvalue weighted by molar-refractivity contribution is -0.466. The molecular formula is C8H19N2S+. The van der Waals surface area contributed by atoms with Crippen LogP contribution in [0, 0.1) is 0 Å². The Hall–Kier alpha value is -0.180. The first-order valence-corrected chi connectivity index (χ1v) is 4.71. The van der Waals surface area contributed by atoms with Gasteiger partial charge in [-0.3, -0.25) is 9.48 Å². The van der Waals surface area contributed by atoms with E-state index in [1.807, 2.05) is 11.8 Å². The summed E-state index contributed by atoms with van der Waals surface area (Å²) >= 11 is 1.88. The smallest absolute Gasteiger partial charge is 0.262 e. The summed E-state index contributed by atoms with van der Waals surface area (Å²) in [5.74, 6) is 0. The summed E-state index contributed by atoms with van der Waals surface area (Å²) in [6.07, 6.45) is 0. The molecule has 0 aliphatic carbocycles. The first-order chi connectivity index (χ1) is 4.95. The molecule has 0 saturated heterocycles. The Balaban J connectivity index is 4.26. The van der Waals surface area contributed by atoms with E-state index < -0.39 is 0 Å². The molecule has 0 amide bonds. The number of hydrogen-bond acceptors (Lipinski definition) is 1. The topological polar surface area (TPSA) is 6.25 Å². The fourth-order valence-corrected chi connectivity index (χ4v) is 1.66. The van der Waals surface area contributed by atoms with Crippen molar-refractivity contribution in [3.05, 3.63) is 0 Å². The molecule has 0 heterocycles. The average molecular weight is 175 g/mol. The average Bonchev–Trinajstić information content (AvgIpc) is 1.81. The molecular weight excluding hydrogens is 156 g/mol. The lowest BCUT2D eigenvalue weighted by Gasteiger charge is -2.11. The first kappa shape index (κ1) is 10.8. The van der Waals surface area contributed by atoms with Gasteiger partial charge < -0.3 is 0 Å². The molecule has 0 radical (unpaired) electrons. The van der Waals surface area contributed by atoms with Crippen molar-refractivity contribution in [3.8, 4) is 0 Å². The number of thioether (sulfide) groups is 1. The zero-order valence-corrected chi connectivity index (χ0v) is 9.20. The summed E-state index contributed by atoms with van der Waals surface area (Å²) < 4.78 is 2.14. The van der Waals surface area contributed by atoms with E-state index in [4.69, 9.17) is 0 Å². The minimum Gasteiger partial charge on any atom is -0.262 e. The van der Waals surface area contributed by atoms with Crippen LogP contribution in [0.2, 0.25) is 0 Å². The van der Waals surface area contributed by atoms with Crippen LogP contribution in [0.25, 0.3) is 0 Å². The van der Waals surface area contributed by atoms with Crippen LogP contribution in [-0.4, -0.2) is 48.1 Å². The third-order valence-corrected chi connectivity index (χ3v) is 2.52. The van der Waals surface area contributed by atoms with E-state index in [0.717, 1.165) is 0 Å². The highest BCUT2D eigenvalue weighted by Crippen LogP contribution is 2.12. The Bertz CT molecular complexity index is 146. The Morgan fingerprint density at radius 2 is 1.73 bits per heavy atom. The van der Waals surface area contributed by atoms with Crippen molar-refractivity contribution < 1.29 is 4.58 Å². The van der Waals surface area contributed by atoms with Gasteiger partial charge in [-0.15, -0.1) is 0 Å². The highest BCUT2D eigenvalue weighted by Gasteiger charge is 2.13. The number of hydrogen-bond donors (Lipinski definition) is 0. The maximum atomic E-state index is 2.21. The van der Waals surface area contributed by atoms with E-state index in [9.17, 15) is 0 Å². The maximum Gasteiger partial charge on any atom is 0.307 e. The molecule has 0 N–H and O–H groups in total. The van der Waals surface area contributed by atoms with Gasteiger partial charge in [0, 0.05) is 5.25 Å². The van der Waals surface area contributed by atoms with Crippen LogP contribution in [0.1, 0.15) is 13.8 Å². The quantitative estimate of drug-likeness (QED) is 0.337. The van der Waals surface area contributed by atoms with E-state index in [-0.39, 0.29) is 0 Å². The monoisotopic (exact) mass is 175 g/mol. The van der Waals surface area contributed by atoms with Gasteiger partial charge in [-0.25, -0.2) is 0 Å². The van der Waals surface area contributed by atoms with Crippen molar-refractivity contribution in [3.63, 3.8) is 0 Å². The fraction of sp³-hybridized carbons (Fsp3) is 0.875. The molecule has 0 aromatic rings. The second-order valence-electron chi connectivity index (χ2n) is 3.24. The molecule has 0 aromatic heterocycles. The molecule has 0 aromatic carbocycles. The fourth-order valence-electron chi connectivity index (χ4n) is 0.822. The van der Waals surface area contributed by atoms with E-state index in [0.29, 0.717) is 5.25 Å². The normalized spacial score (nSPS) is 10.1. The SMILES string of the molecule is CC(C)SC(N(C)C)=[N+](C)C. The number of amidine groups is 1. The van der Waals surface area contributed by atoms with Crippen molar-refractivity contribution in [2.45, 2.75) is 19.1 Å². The van der Waals surface area contributed by atoms with Crippen LogP contribution >= 0.6 is 11.8 Å². The number of rotatable bonds is 1. The second kappa shape index (κ2) is 4.65. The lowest BCUT2D eigenvalue weighted by atomic mass is 10.6. The minimum atomic E-state index is 0.648. The third-order valence-electron chi connectivity index (χ3n) is 1.11. The van der Waals surface area contributed by atoms with Gasteiger partial charge in [0.25, 0.3) is 0 Å². The second-order valence-corrected chi connectivity index (χ2v) is 4.78. The Labute approximate surface area is 74.3 Å². The molecule has 2 nitrogen and oxygen atoms in total. The zero-order chi connectivity index (χ0) is 9.02. The summed E-state index contributed by atoms with van der Waals surface area (Å²) in [5, 5.41) is 1.95. The molecule has 0 rings (SSSR count). The van der Waals surface area contributed by atoms with Gasteiger partial charge in [-0.1, -0.05) is 13.8 Å². The highest BCUT2D eigenvalue weighted by atomic mass is 32.2. The molecule has 11 heavy (non-hydrogen) atoms. The summed E-state index contributed by atoms with van der Waals surface area (Å²) in [5.41, 5.74) is 0. The largest absolute Gasteiger partial charge is 0.307 e. The first-order valence-electron chi connectivity index (χ1n) is 3.83. The van der Waals surface area contributed by atoms with Crippen LogP contribution in [0.5, 0.6) is 0 Å². The molecule has 0 spiro atoms. The van der Waals surface area contributed by atoms with Crippen molar-refractivity contribution >= 4 is 16.9 Å². The van der Waals surface area contributed by atoms with E-state index in [1.165, 1.54) is 5.17 Å². The predicted molar refractivity (Wildman–Crippen MR) is 53.5 cm³/mol. The van der Waals surface area contributed by atoms with Gasteiger partial charge in [0.05, 0.1) is 28.2 Å². The predicted octanol–water partition coefficient (Wildman–Crippen LogP) is 1.32. The van der Waals surface area contributed by atoms with Crippen LogP contribution in [0.3, 0.4) is 0 Å². The maximum absolute atomic E-state index is 2.21. The Morgan fingerprint density at radius 1 is 1.27 bits per heavy atom. The molecule has 0 bridgehead atoms. The summed E-state index contributed by atoms with van der Waals surface area (Å²) in [4.78, 5) is 2.14. The van der Waals surface area contributed by atoms with Crippen LogP contribution in [0.4, 0.5) is 0 Å². The lowest BCUT2D eigenvalue weighted by Crippen LogP contribution is -2.27. The van der Waals surface area contributed by atoms with Crippen molar-refractivity contribution in [1.82, 2.24) is 4.90 Å². The molecule has 0 saturated carbocycles. The van der Waals surface area contributed by atoms with Gasteiger partial charge in [-0.2, -0.15) is 0 Å². The molecule has 0 unspecified atom stereocenters. The van der Waals surface area contributed by atoms with Gasteiger partial charge in [-0.05, 0) is 11.8 Å². The van der Waals surface area contributed by atoms with Crippen molar-refractivity contribution in [2.75, 3.05) is 28.2 Å².